The van der Waals surface area contributed by atoms with Crippen LogP contribution in [0.25, 0.3) is 0 Å². The molecule has 0 spiro atoms. The van der Waals surface area contributed by atoms with Gasteiger partial charge in [0.2, 0.25) is 0 Å². The van der Waals surface area contributed by atoms with Gasteiger partial charge < -0.3 is 38.8 Å². The van der Waals surface area contributed by atoms with E-state index < -0.39 is 60.1 Å². The highest BCUT2D eigenvalue weighted by Crippen LogP contribution is 2.48. The number of carbonyl (C=O) groups is 2. The average molecular weight is 465 g/mol. The van der Waals surface area contributed by atoms with Crippen LogP contribution in [0.1, 0.15) is 39.7 Å². The normalized spacial score (nSPS) is 34.1. The summed E-state index contributed by atoms with van der Waals surface area (Å²) < 4.78 is 35.4. The van der Waals surface area contributed by atoms with Crippen molar-refractivity contribution in [2.45, 2.75) is 82.3 Å². The Bertz CT molecular complexity index is 874. The average Bonchev–Trinajstić information content (AvgIpc) is 3.35. The number of rotatable bonds is 7. The molecule has 0 saturated carbocycles. The third kappa shape index (κ3) is 5.30. The summed E-state index contributed by atoms with van der Waals surface area (Å²) in [5.41, 5.74) is -0.544. The van der Waals surface area contributed by atoms with Gasteiger partial charge in [-0.05, 0) is 33.3 Å². The van der Waals surface area contributed by atoms with Crippen molar-refractivity contribution in [2.75, 3.05) is 13.2 Å². The number of alkyl carbamates (subject to hydrolysis) is 1. The molecule has 0 aromatic heterocycles. The maximum Gasteiger partial charge on any atom is 0.407 e. The lowest BCUT2D eigenvalue weighted by molar-refractivity contribution is -0.227. The minimum absolute atomic E-state index is 0.0864. The number of aliphatic carboxylic acids is 1. The van der Waals surface area contributed by atoms with Gasteiger partial charge in [-0.3, -0.25) is 4.79 Å². The molecule has 4 rings (SSSR count). The van der Waals surface area contributed by atoms with Crippen molar-refractivity contribution < 1.29 is 43.1 Å². The summed E-state index contributed by atoms with van der Waals surface area (Å²) in [7, 11) is 0. The molecule has 0 unspecified atom stereocenters. The van der Waals surface area contributed by atoms with Crippen molar-refractivity contribution in [2.24, 2.45) is 0 Å². The molecule has 3 aliphatic heterocycles. The standard InChI is InChI=1S/C23H31NO9/c1-21(2)29-12-15(30-21)17-18-19(33-22(3,4)31-18)23(32-17,10-16(25)26)13-24-20(27)28-11-14-8-6-5-7-9-14/h5-9,15,17-19H,10-13H2,1-4H3,(H,24,27)(H,25,26)/t15-,17-,18+,19+,23-/m0/s1. The molecule has 182 valence electrons. The topological polar surface area (TPSA) is 122 Å². The van der Waals surface area contributed by atoms with Crippen LogP contribution in [0.3, 0.4) is 0 Å². The van der Waals surface area contributed by atoms with E-state index in [1.807, 2.05) is 30.3 Å². The first kappa shape index (κ1) is 23.9. The van der Waals surface area contributed by atoms with Crippen LogP contribution >= 0.6 is 0 Å². The van der Waals surface area contributed by atoms with Crippen molar-refractivity contribution in [3.8, 4) is 0 Å². The van der Waals surface area contributed by atoms with E-state index in [1.165, 1.54) is 0 Å². The molecule has 33 heavy (non-hydrogen) atoms. The highest BCUT2D eigenvalue weighted by molar-refractivity contribution is 5.70. The number of carbonyl (C=O) groups excluding carboxylic acids is 1. The van der Waals surface area contributed by atoms with Crippen molar-refractivity contribution in [1.29, 1.82) is 0 Å². The number of hydrogen-bond acceptors (Lipinski definition) is 8. The quantitative estimate of drug-likeness (QED) is 0.624. The molecule has 5 atom stereocenters. The molecule has 10 nitrogen and oxygen atoms in total. The van der Waals surface area contributed by atoms with Gasteiger partial charge in [-0.1, -0.05) is 30.3 Å². The fourth-order valence-corrected chi connectivity index (χ4v) is 4.61. The van der Waals surface area contributed by atoms with E-state index in [4.69, 9.17) is 28.4 Å². The van der Waals surface area contributed by atoms with Crippen molar-refractivity contribution in [3.63, 3.8) is 0 Å². The summed E-state index contributed by atoms with van der Waals surface area (Å²) in [5.74, 6) is -2.84. The SMILES string of the molecule is CC1(C)OC[C@@H]([C@@H]2O[C@](CNC(=O)OCc3ccccc3)(CC(=O)O)[C@@H]3OC(C)(C)O[C@H]23)O1. The fourth-order valence-electron chi connectivity index (χ4n) is 4.61. The lowest BCUT2D eigenvalue weighted by Gasteiger charge is -2.34. The smallest absolute Gasteiger partial charge is 0.407 e. The minimum atomic E-state index is -1.38. The first-order valence-corrected chi connectivity index (χ1v) is 11.0. The second-order valence-electron chi connectivity index (χ2n) is 9.52. The van der Waals surface area contributed by atoms with E-state index in [1.54, 1.807) is 27.7 Å². The molecule has 0 aliphatic carbocycles. The number of hydrogen-bond donors (Lipinski definition) is 2. The number of amides is 1. The molecule has 0 bridgehead atoms. The number of ether oxygens (including phenoxy) is 6. The van der Waals surface area contributed by atoms with E-state index in [0.717, 1.165) is 5.56 Å². The summed E-state index contributed by atoms with van der Waals surface area (Å²) in [4.78, 5) is 24.2. The molecule has 3 heterocycles. The molecule has 2 N–H and O–H groups in total. The van der Waals surface area contributed by atoms with Gasteiger partial charge in [0.05, 0.1) is 19.6 Å². The zero-order chi connectivity index (χ0) is 23.9. The van der Waals surface area contributed by atoms with Crippen LogP contribution < -0.4 is 5.32 Å². The van der Waals surface area contributed by atoms with Gasteiger partial charge in [-0.15, -0.1) is 0 Å². The molecular weight excluding hydrogens is 434 g/mol. The van der Waals surface area contributed by atoms with E-state index >= 15 is 0 Å². The van der Waals surface area contributed by atoms with Crippen LogP contribution in [0.5, 0.6) is 0 Å². The Hall–Kier alpha value is -2.24. The highest BCUT2D eigenvalue weighted by Gasteiger charge is 2.65. The summed E-state index contributed by atoms with van der Waals surface area (Å²) in [5, 5.41) is 12.3. The summed E-state index contributed by atoms with van der Waals surface area (Å²) in [6.07, 6.45) is -3.54. The predicted molar refractivity (Wildman–Crippen MR) is 113 cm³/mol. The first-order valence-electron chi connectivity index (χ1n) is 11.0. The summed E-state index contributed by atoms with van der Waals surface area (Å²) in [6, 6.07) is 9.24. The Morgan fingerprint density at radius 1 is 1.03 bits per heavy atom. The molecule has 3 fully saturated rings. The molecule has 1 aromatic carbocycles. The maximum absolute atomic E-state index is 12.4. The Morgan fingerprint density at radius 2 is 1.76 bits per heavy atom. The van der Waals surface area contributed by atoms with Crippen molar-refractivity contribution in [1.82, 2.24) is 5.32 Å². The molecule has 1 amide bonds. The molecule has 0 radical (unpaired) electrons. The Balaban J connectivity index is 1.50. The first-order chi connectivity index (χ1) is 15.5. The van der Waals surface area contributed by atoms with E-state index in [2.05, 4.69) is 5.32 Å². The van der Waals surface area contributed by atoms with Gasteiger partial charge in [0.25, 0.3) is 0 Å². The number of nitrogens with one attached hydrogen (secondary N) is 1. The minimum Gasteiger partial charge on any atom is -0.481 e. The third-order valence-electron chi connectivity index (χ3n) is 5.93. The van der Waals surface area contributed by atoms with Gasteiger partial charge in [0, 0.05) is 0 Å². The number of benzene rings is 1. The molecule has 1 aromatic rings. The Morgan fingerprint density at radius 3 is 2.39 bits per heavy atom. The van der Waals surface area contributed by atoms with Gasteiger partial charge in [-0.2, -0.15) is 0 Å². The number of carboxylic acid groups (broad SMARTS) is 1. The van der Waals surface area contributed by atoms with Crippen LogP contribution in [0.2, 0.25) is 0 Å². The van der Waals surface area contributed by atoms with E-state index in [0.29, 0.717) is 0 Å². The third-order valence-corrected chi connectivity index (χ3v) is 5.93. The summed E-state index contributed by atoms with van der Waals surface area (Å²) >= 11 is 0. The summed E-state index contributed by atoms with van der Waals surface area (Å²) in [6.45, 7) is 7.32. The van der Waals surface area contributed by atoms with Gasteiger partial charge in [-0.25, -0.2) is 4.79 Å². The van der Waals surface area contributed by atoms with Crippen LogP contribution in [0, 0.1) is 0 Å². The monoisotopic (exact) mass is 465 g/mol. The Labute approximate surface area is 192 Å². The van der Waals surface area contributed by atoms with Gasteiger partial charge in [0.1, 0.15) is 36.6 Å². The van der Waals surface area contributed by atoms with Crippen LogP contribution in [0.4, 0.5) is 4.79 Å². The van der Waals surface area contributed by atoms with Crippen LogP contribution in [0.15, 0.2) is 30.3 Å². The van der Waals surface area contributed by atoms with Crippen molar-refractivity contribution in [3.05, 3.63) is 35.9 Å². The lowest BCUT2D eigenvalue weighted by atomic mass is 9.90. The van der Waals surface area contributed by atoms with E-state index in [-0.39, 0.29) is 19.8 Å². The lowest BCUT2D eigenvalue weighted by Crippen LogP contribution is -2.53. The molecule has 10 heteroatoms. The fraction of sp³-hybridized carbons (Fsp3) is 0.652. The predicted octanol–water partition coefficient (Wildman–Crippen LogP) is 2.20. The maximum atomic E-state index is 12.4. The van der Waals surface area contributed by atoms with Crippen molar-refractivity contribution >= 4 is 12.1 Å². The second-order valence-corrected chi connectivity index (χ2v) is 9.52. The Kier molecular flexibility index (Phi) is 6.41. The number of fused-ring (bicyclic) bond motifs is 1. The zero-order valence-electron chi connectivity index (χ0n) is 19.2. The zero-order valence-corrected chi connectivity index (χ0v) is 19.2. The second kappa shape index (κ2) is 8.84. The molecular formula is C23H31NO9. The van der Waals surface area contributed by atoms with Crippen LogP contribution in [-0.2, 0) is 39.8 Å². The highest BCUT2D eigenvalue weighted by atomic mass is 16.8. The van der Waals surface area contributed by atoms with Crippen LogP contribution in [-0.4, -0.2) is 71.9 Å². The van der Waals surface area contributed by atoms with Gasteiger partial charge in [0.15, 0.2) is 11.6 Å². The van der Waals surface area contributed by atoms with Gasteiger partial charge >= 0.3 is 12.1 Å². The molecule has 3 aliphatic rings. The largest absolute Gasteiger partial charge is 0.481 e. The molecule has 3 saturated heterocycles. The van der Waals surface area contributed by atoms with E-state index in [9.17, 15) is 14.7 Å². The number of carboxylic acids is 1.